The van der Waals surface area contributed by atoms with Crippen LogP contribution in [0.25, 0.3) is 5.70 Å². The second-order valence-corrected chi connectivity index (χ2v) is 3.40. The number of benzene rings is 1. The van der Waals surface area contributed by atoms with Gasteiger partial charge in [0.15, 0.2) is 0 Å². The maximum Gasteiger partial charge on any atom is 0.0361 e. The summed E-state index contributed by atoms with van der Waals surface area (Å²) in [7, 11) is 4.03. The molecule has 0 radical (unpaired) electrons. The van der Waals surface area contributed by atoms with Crippen molar-refractivity contribution in [3.63, 3.8) is 0 Å². The number of aryl methyl sites for hydroxylation is 1. The highest BCUT2D eigenvalue weighted by atomic mass is 15.1. The van der Waals surface area contributed by atoms with Gasteiger partial charge in [0.1, 0.15) is 0 Å². The standard InChI is InChI=1S/C12H17N/c1-5-11-7-6-8-12(9-11)10(2)13(3)4/h6-9H,2,5H2,1,3-4H3. The highest BCUT2D eigenvalue weighted by Crippen LogP contribution is 2.15. The molecule has 0 aliphatic rings. The first kappa shape index (κ1) is 9.85. The van der Waals surface area contributed by atoms with Gasteiger partial charge in [-0.15, -0.1) is 0 Å². The predicted molar refractivity (Wildman–Crippen MR) is 58.5 cm³/mol. The van der Waals surface area contributed by atoms with Gasteiger partial charge in [-0.3, -0.25) is 0 Å². The van der Waals surface area contributed by atoms with Crippen molar-refractivity contribution >= 4 is 5.70 Å². The fourth-order valence-electron chi connectivity index (χ4n) is 1.23. The molecular weight excluding hydrogens is 158 g/mol. The van der Waals surface area contributed by atoms with Crippen LogP contribution in [0.3, 0.4) is 0 Å². The molecule has 0 bridgehead atoms. The minimum Gasteiger partial charge on any atom is -0.378 e. The third-order valence-electron chi connectivity index (χ3n) is 2.21. The predicted octanol–water partition coefficient (Wildman–Crippen LogP) is 2.78. The molecule has 0 spiro atoms. The smallest absolute Gasteiger partial charge is 0.0361 e. The van der Waals surface area contributed by atoms with Crippen molar-refractivity contribution in [1.29, 1.82) is 0 Å². The molecule has 0 N–H and O–H groups in total. The number of nitrogens with zero attached hydrogens (tertiary/aromatic N) is 1. The Hall–Kier alpha value is -1.24. The Balaban J connectivity index is 2.95. The number of hydrogen-bond acceptors (Lipinski definition) is 1. The molecule has 0 aliphatic carbocycles. The van der Waals surface area contributed by atoms with Crippen LogP contribution in [0.1, 0.15) is 18.1 Å². The van der Waals surface area contributed by atoms with Crippen molar-refractivity contribution in [3.8, 4) is 0 Å². The van der Waals surface area contributed by atoms with E-state index >= 15 is 0 Å². The molecule has 0 saturated carbocycles. The molecule has 0 fully saturated rings. The van der Waals surface area contributed by atoms with Crippen LogP contribution < -0.4 is 0 Å². The molecule has 13 heavy (non-hydrogen) atoms. The van der Waals surface area contributed by atoms with Gasteiger partial charge in [0, 0.05) is 19.8 Å². The molecule has 0 atom stereocenters. The van der Waals surface area contributed by atoms with E-state index < -0.39 is 0 Å². The Morgan fingerprint density at radius 3 is 2.62 bits per heavy atom. The van der Waals surface area contributed by atoms with Crippen LogP contribution >= 0.6 is 0 Å². The minimum atomic E-state index is 1.07. The number of rotatable bonds is 3. The molecule has 0 unspecified atom stereocenters. The first-order valence-corrected chi connectivity index (χ1v) is 4.60. The van der Waals surface area contributed by atoms with Crippen molar-refractivity contribution in [2.75, 3.05) is 14.1 Å². The van der Waals surface area contributed by atoms with E-state index in [0.717, 1.165) is 12.1 Å². The lowest BCUT2D eigenvalue weighted by molar-refractivity contribution is 0.593. The first-order valence-electron chi connectivity index (χ1n) is 4.60. The molecule has 70 valence electrons. The summed E-state index contributed by atoms with van der Waals surface area (Å²) in [6.45, 7) is 6.19. The molecule has 1 aromatic carbocycles. The lowest BCUT2D eigenvalue weighted by Gasteiger charge is -2.16. The zero-order chi connectivity index (χ0) is 9.84. The van der Waals surface area contributed by atoms with E-state index in [-0.39, 0.29) is 0 Å². The van der Waals surface area contributed by atoms with Gasteiger partial charge in [-0.1, -0.05) is 31.7 Å². The van der Waals surface area contributed by atoms with Crippen LogP contribution in [0.5, 0.6) is 0 Å². The minimum absolute atomic E-state index is 1.07. The molecule has 1 nitrogen and oxygen atoms in total. The second kappa shape index (κ2) is 4.13. The van der Waals surface area contributed by atoms with Crippen molar-refractivity contribution in [2.45, 2.75) is 13.3 Å². The topological polar surface area (TPSA) is 3.24 Å². The van der Waals surface area contributed by atoms with Crippen LogP contribution in [-0.2, 0) is 6.42 Å². The van der Waals surface area contributed by atoms with E-state index in [1.165, 1.54) is 11.1 Å². The maximum absolute atomic E-state index is 4.03. The first-order chi connectivity index (χ1) is 6.15. The third-order valence-corrected chi connectivity index (χ3v) is 2.21. The largest absolute Gasteiger partial charge is 0.378 e. The van der Waals surface area contributed by atoms with Crippen LogP contribution in [0.2, 0.25) is 0 Å². The Morgan fingerprint density at radius 2 is 2.08 bits per heavy atom. The highest BCUT2D eigenvalue weighted by Gasteiger charge is 2.00. The summed E-state index contributed by atoms with van der Waals surface area (Å²) >= 11 is 0. The lowest BCUT2D eigenvalue weighted by atomic mass is 10.1. The zero-order valence-electron chi connectivity index (χ0n) is 8.67. The van der Waals surface area contributed by atoms with Crippen LogP contribution in [0.4, 0.5) is 0 Å². The van der Waals surface area contributed by atoms with Crippen molar-refractivity contribution in [1.82, 2.24) is 4.90 Å². The third kappa shape index (κ3) is 2.35. The summed E-state index contributed by atoms with van der Waals surface area (Å²) in [5.74, 6) is 0. The van der Waals surface area contributed by atoms with Gasteiger partial charge in [0.05, 0.1) is 0 Å². The Morgan fingerprint density at radius 1 is 1.38 bits per heavy atom. The lowest BCUT2D eigenvalue weighted by Crippen LogP contribution is -2.08. The average Bonchev–Trinajstić information content (AvgIpc) is 2.16. The van der Waals surface area contributed by atoms with Gasteiger partial charge >= 0.3 is 0 Å². The molecule has 0 saturated heterocycles. The van der Waals surface area contributed by atoms with Crippen LogP contribution in [0, 0.1) is 0 Å². The van der Waals surface area contributed by atoms with E-state index in [4.69, 9.17) is 0 Å². The maximum atomic E-state index is 4.03. The molecule has 0 aliphatic heterocycles. The van der Waals surface area contributed by atoms with Gasteiger partial charge in [-0.25, -0.2) is 0 Å². The summed E-state index contributed by atoms with van der Waals surface area (Å²) in [4.78, 5) is 2.04. The Kier molecular flexibility index (Phi) is 3.13. The van der Waals surface area contributed by atoms with Crippen molar-refractivity contribution in [2.24, 2.45) is 0 Å². The highest BCUT2D eigenvalue weighted by molar-refractivity contribution is 5.61. The summed E-state index contributed by atoms with van der Waals surface area (Å²) in [5.41, 5.74) is 3.64. The van der Waals surface area contributed by atoms with Crippen LogP contribution in [-0.4, -0.2) is 19.0 Å². The quantitative estimate of drug-likeness (QED) is 0.682. The molecule has 0 amide bonds. The summed E-state index contributed by atoms with van der Waals surface area (Å²) in [6.07, 6.45) is 1.08. The van der Waals surface area contributed by atoms with Crippen LogP contribution in [0.15, 0.2) is 30.8 Å². The summed E-state index contributed by atoms with van der Waals surface area (Å²) in [5, 5.41) is 0. The monoisotopic (exact) mass is 175 g/mol. The van der Waals surface area contributed by atoms with Gasteiger partial charge in [-0.2, -0.15) is 0 Å². The van der Waals surface area contributed by atoms with Crippen molar-refractivity contribution in [3.05, 3.63) is 42.0 Å². The normalized spacial score (nSPS) is 9.77. The molecule has 1 rings (SSSR count). The summed E-state index contributed by atoms with van der Waals surface area (Å²) in [6, 6.07) is 8.53. The van der Waals surface area contributed by atoms with E-state index in [1.807, 2.05) is 19.0 Å². The Bertz CT molecular complexity index is 300. The molecular formula is C12H17N. The SMILES string of the molecule is C=C(c1cccc(CC)c1)N(C)C. The molecule has 0 aromatic heterocycles. The van der Waals surface area contributed by atoms with Gasteiger partial charge < -0.3 is 4.90 Å². The molecule has 1 aromatic rings. The van der Waals surface area contributed by atoms with E-state index in [1.54, 1.807) is 0 Å². The van der Waals surface area contributed by atoms with E-state index in [2.05, 4.69) is 37.8 Å². The second-order valence-electron chi connectivity index (χ2n) is 3.40. The fraction of sp³-hybridized carbons (Fsp3) is 0.333. The summed E-state index contributed by atoms with van der Waals surface area (Å²) < 4.78 is 0. The number of hydrogen-bond donors (Lipinski definition) is 0. The Labute approximate surface area is 80.7 Å². The van der Waals surface area contributed by atoms with Gasteiger partial charge in [0.25, 0.3) is 0 Å². The zero-order valence-corrected chi connectivity index (χ0v) is 8.67. The van der Waals surface area contributed by atoms with E-state index in [0.29, 0.717) is 0 Å². The molecule has 1 heteroatoms. The fourth-order valence-corrected chi connectivity index (χ4v) is 1.23. The van der Waals surface area contributed by atoms with Gasteiger partial charge in [0.2, 0.25) is 0 Å². The molecule has 0 heterocycles. The van der Waals surface area contributed by atoms with Gasteiger partial charge in [-0.05, 0) is 23.6 Å². The van der Waals surface area contributed by atoms with E-state index in [9.17, 15) is 0 Å². The van der Waals surface area contributed by atoms with Crippen molar-refractivity contribution < 1.29 is 0 Å². The average molecular weight is 175 g/mol.